The van der Waals surface area contributed by atoms with Crippen molar-refractivity contribution in [2.45, 2.75) is 77.8 Å². The van der Waals surface area contributed by atoms with Crippen LogP contribution in [0.15, 0.2) is 121 Å². The summed E-state index contributed by atoms with van der Waals surface area (Å²) >= 11 is 12.6. The van der Waals surface area contributed by atoms with E-state index in [1.54, 1.807) is 9.80 Å². The van der Waals surface area contributed by atoms with Gasteiger partial charge in [0.2, 0.25) is 0 Å². The molecule has 2 amide bonds. The van der Waals surface area contributed by atoms with Gasteiger partial charge in [0.25, 0.3) is 0 Å². The molecule has 0 fully saturated rings. The Morgan fingerprint density at radius 1 is 0.533 bits per heavy atom. The van der Waals surface area contributed by atoms with E-state index >= 15 is 0 Å². The summed E-state index contributed by atoms with van der Waals surface area (Å²) in [6.45, 7) is 13.1. The van der Waals surface area contributed by atoms with E-state index < -0.39 is 11.2 Å². The molecule has 6 aromatic carbocycles. The molecule has 0 aliphatic carbocycles. The van der Waals surface area contributed by atoms with Crippen LogP contribution in [0.1, 0.15) is 75.6 Å². The number of carbonyl (C=O) groups excluding carboxylic acids is 2. The molecule has 312 valence electrons. The van der Waals surface area contributed by atoms with Crippen molar-refractivity contribution >= 4 is 68.3 Å². The van der Waals surface area contributed by atoms with E-state index in [2.05, 4.69) is 24.3 Å². The van der Waals surface area contributed by atoms with Crippen LogP contribution < -0.4 is 19.3 Å². The maximum atomic E-state index is 12.9. The van der Waals surface area contributed by atoms with Crippen LogP contribution in [-0.4, -0.2) is 48.2 Å². The summed E-state index contributed by atoms with van der Waals surface area (Å²) in [7, 11) is 0. The van der Waals surface area contributed by atoms with E-state index in [1.807, 2.05) is 139 Å². The first-order chi connectivity index (χ1) is 28.7. The molecule has 1 unspecified atom stereocenters. The standard InChI is InChI=1S/2C25H26ClNO3/c2*1-25(2,3)30-24(28)27-15-18(14-26)23-20-12-8-7-11-19(20)22(13-21(23)27)29-16-17-9-5-4-6-10-17/h2*4-13,18H,14-16H2,1-3H3/t18-;/m1./s1. The highest BCUT2D eigenvalue weighted by atomic mass is 35.5. The number of rotatable bonds is 8. The zero-order valence-corrected chi connectivity index (χ0v) is 36.6. The van der Waals surface area contributed by atoms with E-state index in [-0.39, 0.29) is 24.0 Å². The van der Waals surface area contributed by atoms with Crippen molar-refractivity contribution < 1.29 is 28.5 Å². The smallest absolute Gasteiger partial charge is 0.414 e. The normalized spacial score (nSPS) is 15.9. The molecule has 6 aromatic rings. The number of nitrogens with zero attached hydrogens (tertiary/aromatic N) is 2. The van der Waals surface area contributed by atoms with Crippen molar-refractivity contribution in [3.05, 3.63) is 144 Å². The molecule has 2 atom stereocenters. The molecule has 2 aliphatic heterocycles. The molecule has 2 aliphatic rings. The second-order valence-electron chi connectivity index (χ2n) is 17.1. The van der Waals surface area contributed by atoms with Crippen LogP contribution in [0.3, 0.4) is 0 Å². The summed E-state index contributed by atoms with van der Waals surface area (Å²) in [6.07, 6.45) is -0.721. The van der Waals surface area contributed by atoms with Gasteiger partial charge in [-0.2, -0.15) is 0 Å². The van der Waals surface area contributed by atoms with Gasteiger partial charge in [-0.05, 0) is 74.6 Å². The van der Waals surface area contributed by atoms with Gasteiger partial charge in [0.15, 0.2) is 0 Å². The van der Waals surface area contributed by atoms with Gasteiger partial charge in [0.05, 0.1) is 11.4 Å². The van der Waals surface area contributed by atoms with Crippen molar-refractivity contribution in [1.82, 2.24) is 0 Å². The molecule has 0 aromatic heterocycles. The topological polar surface area (TPSA) is 77.5 Å². The molecule has 0 saturated heterocycles. The molecule has 8 nitrogen and oxygen atoms in total. The maximum Gasteiger partial charge on any atom is 0.414 e. The Labute approximate surface area is 362 Å². The van der Waals surface area contributed by atoms with Crippen molar-refractivity contribution in [2.24, 2.45) is 0 Å². The fraction of sp³-hybridized carbons (Fsp3) is 0.320. The van der Waals surface area contributed by atoms with E-state index in [9.17, 15) is 9.59 Å². The molecular formula is C50H52Cl2N2O6. The Balaban J connectivity index is 0.000000181. The number of carbonyl (C=O) groups is 2. The Morgan fingerprint density at radius 3 is 1.20 bits per heavy atom. The predicted octanol–water partition coefficient (Wildman–Crippen LogP) is 13.0. The first-order valence-corrected chi connectivity index (χ1v) is 21.4. The lowest BCUT2D eigenvalue weighted by Crippen LogP contribution is -2.36. The van der Waals surface area contributed by atoms with Gasteiger partial charge in [-0.15, -0.1) is 23.2 Å². The molecule has 0 saturated carbocycles. The summed E-state index contributed by atoms with van der Waals surface area (Å²) in [6, 6.07) is 40.3. The SMILES string of the molecule is CC(C)(C)OC(=O)N1CC(CCl)c2c1cc(OCc1ccccc1)c1ccccc21.CC(C)(C)OC(=O)N1C[C@@H](CCl)c2c1cc(OCc1ccccc1)c1ccccc21. The van der Waals surface area contributed by atoms with Gasteiger partial charge < -0.3 is 18.9 Å². The van der Waals surface area contributed by atoms with Gasteiger partial charge in [0.1, 0.15) is 35.9 Å². The predicted molar refractivity (Wildman–Crippen MR) is 244 cm³/mol. The molecule has 60 heavy (non-hydrogen) atoms. The number of halogens is 2. The Bertz CT molecular complexity index is 2290. The van der Waals surface area contributed by atoms with Crippen molar-refractivity contribution in [3.8, 4) is 11.5 Å². The Morgan fingerprint density at radius 2 is 0.867 bits per heavy atom. The van der Waals surface area contributed by atoms with Crippen LogP contribution in [0.25, 0.3) is 21.5 Å². The second kappa shape index (κ2) is 18.0. The summed E-state index contributed by atoms with van der Waals surface area (Å²) in [5.41, 5.74) is 4.83. The number of hydrogen-bond donors (Lipinski definition) is 0. The van der Waals surface area contributed by atoms with Crippen LogP contribution >= 0.6 is 23.2 Å². The van der Waals surface area contributed by atoms with Crippen LogP contribution in [0.5, 0.6) is 11.5 Å². The quantitative estimate of drug-likeness (QED) is 0.142. The molecule has 0 bridgehead atoms. The van der Waals surface area contributed by atoms with Crippen molar-refractivity contribution in [2.75, 3.05) is 34.6 Å². The number of anilines is 2. The van der Waals surface area contributed by atoms with Crippen LogP contribution in [-0.2, 0) is 22.7 Å². The molecule has 2 heterocycles. The zero-order valence-electron chi connectivity index (χ0n) is 35.0. The number of alkyl halides is 2. The monoisotopic (exact) mass is 846 g/mol. The average Bonchev–Trinajstić information content (AvgIpc) is 3.81. The number of hydrogen-bond acceptors (Lipinski definition) is 6. The van der Waals surface area contributed by atoms with Gasteiger partial charge in [-0.1, -0.05) is 109 Å². The van der Waals surface area contributed by atoms with Gasteiger partial charge in [-0.25, -0.2) is 9.59 Å². The maximum absolute atomic E-state index is 12.9. The summed E-state index contributed by atoms with van der Waals surface area (Å²) < 4.78 is 23.7. The average molecular weight is 848 g/mol. The number of fused-ring (bicyclic) bond motifs is 6. The van der Waals surface area contributed by atoms with Crippen LogP contribution in [0.4, 0.5) is 21.0 Å². The minimum Gasteiger partial charge on any atom is -0.488 e. The summed E-state index contributed by atoms with van der Waals surface area (Å²) in [5.74, 6) is 2.44. The lowest BCUT2D eigenvalue weighted by atomic mass is 9.95. The first-order valence-electron chi connectivity index (χ1n) is 20.3. The second-order valence-corrected chi connectivity index (χ2v) is 17.8. The van der Waals surface area contributed by atoms with Crippen LogP contribution in [0.2, 0.25) is 0 Å². The fourth-order valence-corrected chi connectivity index (χ4v) is 8.27. The zero-order chi connectivity index (χ0) is 42.6. The lowest BCUT2D eigenvalue weighted by Gasteiger charge is -2.25. The largest absolute Gasteiger partial charge is 0.488 e. The van der Waals surface area contributed by atoms with E-state index in [0.29, 0.717) is 38.1 Å². The highest BCUT2D eigenvalue weighted by molar-refractivity contribution is 6.19. The van der Waals surface area contributed by atoms with Crippen molar-refractivity contribution in [1.29, 1.82) is 0 Å². The van der Waals surface area contributed by atoms with E-state index in [4.69, 9.17) is 42.1 Å². The number of ether oxygens (including phenoxy) is 4. The molecular weight excluding hydrogens is 795 g/mol. The fourth-order valence-electron chi connectivity index (χ4n) is 7.77. The van der Waals surface area contributed by atoms with Gasteiger partial charge >= 0.3 is 12.2 Å². The third-order valence-corrected chi connectivity index (χ3v) is 11.1. The van der Waals surface area contributed by atoms with Gasteiger partial charge in [-0.3, -0.25) is 9.80 Å². The van der Waals surface area contributed by atoms with E-state index in [1.165, 1.54) is 0 Å². The minimum atomic E-state index is -0.570. The molecule has 10 heteroatoms. The molecule has 8 rings (SSSR count). The molecule has 0 spiro atoms. The third kappa shape index (κ3) is 9.61. The highest BCUT2D eigenvalue weighted by Crippen LogP contribution is 2.47. The Hall–Kier alpha value is -5.44. The molecule has 0 N–H and O–H groups in total. The summed E-state index contributed by atoms with van der Waals surface area (Å²) in [5, 5.41) is 4.17. The van der Waals surface area contributed by atoms with E-state index in [0.717, 1.165) is 66.7 Å². The number of amides is 2. The Kier molecular flexibility index (Phi) is 12.8. The van der Waals surface area contributed by atoms with Crippen molar-refractivity contribution in [3.63, 3.8) is 0 Å². The highest BCUT2D eigenvalue weighted by Gasteiger charge is 2.38. The minimum absolute atomic E-state index is 0.0438. The van der Waals surface area contributed by atoms with Gasteiger partial charge in [0, 0.05) is 59.6 Å². The molecule has 0 radical (unpaired) electrons. The first kappa shape index (κ1) is 42.7. The van der Waals surface area contributed by atoms with Crippen LogP contribution in [0, 0.1) is 0 Å². The third-order valence-electron chi connectivity index (χ3n) is 10.3. The lowest BCUT2D eigenvalue weighted by molar-refractivity contribution is 0.0571. The summed E-state index contributed by atoms with van der Waals surface area (Å²) in [4.78, 5) is 29.2. The number of benzene rings is 6.